The molecule has 0 aliphatic carbocycles. The SMILES string of the molecule is CCCn1c(=O)c(C)nc2cc(-c3noc([C@H]4CC(=O)N(c5ccccc5)C4)n3)ccc21. The number of hydrogen-bond acceptors (Lipinski definition) is 6. The molecule has 1 fully saturated rings. The molecule has 3 heterocycles. The van der Waals surface area contributed by atoms with Gasteiger partial charge in [-0.1, -0.05) is 30.3 Å². The maximum Gasteiger partial charge on any atom is 0.272 e. The van der Waals surface area contributed by atoms with E-state index in [0.29, 0.717) is 42.4 Å². The van der Waals surface area contributed by atoms with Crippen molar-refractivity contribution in [2.75, 3.05) is 11.4 Å². The van der Waals surface area contributed by atoms with Gasteiger partial charge < -0.3 is 14.0 Å². The van der Waals surface area contributed by atoms with Crippen LogP contribution in [-0.4, -0.2) is 32.1 Å². The fourth-order valence-corrected chi connectivity index (χ4v) is 4.21. The zero-order valence-corrected chi connectivity index (χ0v) is 18.0. The number of carbonyl (C=O) groups excluding carboxylic acids is 1. The molecule has 8 nitrogen and oxygen atoms in total. The van der Waals surface area contributed by atoms with Gasteiger partial charge in [-0.3, -0.25) is 9.59 Å². The van der Waals surface area contributed by atoms with Crippen LogP contribution in [0.1, 0.15) is 37.3 Å². The van der Waals surface area contributed by atoms with E-state index < -0.39 is 0 Å². The number of anilines is 1. The number of aryl methyl sites for hydroxylation is 2. The Hall–Kier alpha value is -3.81. The highest BCUT2D eigenvalue weighted by molar-refractivity contribution is 5.96. The number of fused-ring (bicyclic) bond motifs is 1. The number of para-hydroxylation sites is 1. The number of nitrogens with zero attached hydrogens (tertiary/aromatic N) is 5. The third-order valence-corrected chi connectivity index (χ3v) is 5.80. The summed E-state index contributed by atoms with van der Waals surface area (Å²) in [6.07, 6.45) is 1.19. The summed E-state index contributed by atoms with van der Waals surface area (Å²) < 4.78 is 7.29. The zero-order valence-electron chi connectivity index (χ0n) is 18.0. The van der Waals surface area contributed by atoms with E-state index in [2.05, 4.69) is 15.1 Å². The normalized spacial score (nSPS) is 16.2. The third kappa shape index (κ3) is 3.47. The Bertz CT molecular complexity index is 1360. The maximum atomic E-state index is 12.5. The summed E-state index contributed by atoms with van der Waals surface area (Å²) in [5.41, 5.74) is 3.52. The molecule has 1 amide bonds. The highest BCUT2D eigenvalue weighted by atomic mass is 16.5. The maximum absolute atomic E-state index is 12.5. The summed E-state index contributed by atoms with van der Waals surface area (Å²) in [5.74, 6) is 0.784. The zero-order chi connectivity index (χ0) is 22.2. The number of aromatic nitrogens is 4. The summed E-state index contributed by atoms with van der Waals surface area (Å²) in [5, 5.41) is 4.15. The molecule has 2 aromatic heterocycles. The van der Waals surface area contributed by atoms with E-state index in [4.69, 9.17) is 4.52 Å². The van der Waals surface area contributed by atoms with Crippen molar-refractivity contribution in [2.45, 2.75) is 39.2 Å². The molecule has 2 aromatic carbocycles. The van der Waals surface area contributed by atoms with E-state index in [1.807, 2.05) is 55.5 Å². The average molecular weight is 429 g/mol. The molecule has 8 heteroatoms. The van der Waals surface area contributed by atoms with E-state index in [0.717, 1.165) is 23.2 Å². The molecular formula is C24H23N5O3. The molecule has 32 heavy (non-hydrogen) atoms. The molecule has 1 atom stereocenters. The summed E-state index contributed by atoms with van der Waals surface area (Å²) >= 11 is 0. The summed E-state index contributed by atoms with van der Waals surface area (Å²) in [7, 11) is 0. The predicted octanol–water partition coefficient (Wildman–Crippen LogP) is 3.69. The van der Waals surface area contributed by atoms with Gasteiger partial charge in [0.05, 0.1) is 17.0 Å². The molecular weight excluding hydrogens is 406 g/mol. The highest BCUT2D eigenvalue weighted by Gasteiger charge is 2.35. The molecule has 1 aliphatic heterocycles. The van der Waals surface area contributed by atoms with Crippen molar-refractivity contribution in [2.24, 2.45) is 0 Å². The van der Waals surface area contributed by atoms with Crippen LogP contribution < -0.4 is 10.5 Å². The van der Waals surface area contributed by atoms with Gasteiger partial charge in [0.2, 0.25) is 17.6 Å². The molecule has 0 bridgehead atoms. The topological polar surface area (TPSA) is 94.1 Å². The van der Waals surface area contributed by atoms with Gasteiger partial charge in [0.1, 0.15) is 5.69 Å². The first kappa shape index (κ1) is 20.1. The highest BCUT2D eigenvalue weighted by Crippen LogP contribution is 2.32. The van der Waals surface area contributed by atoms with Crippen LogP contribution in [0.3, 0.4) is 0 Å². The number of benzene rings is 2. The quantitative estimate of drug-likeness (QED) is 0.480. The van der Waals surface area contributed by atoms with Crippen molar-refractivity contribution in [1.82, 2.24) is 19.7 Å². The lowest BCUT2D eigenvalue weighted by molar-refractivity contribution is -0.117. The summed E-state index contributed by atoms with van der Waals surface area (Å²) in [6, 6.07) is 15.2. The molecule has 0 unspecified atom stereocenters. The van der Waals surface area contributed by atoms with Gasteiger partial charge in [0, 0.05) is 30.8 Å². The van der Waals surface area contributed by atoms with Gasteiger partial charge in [-0.15, -0.1) is 0 Å². The molecule has 1 saturated heterocycles. The van der Waals surface area contributed by atoms with E-state index in [1.54, 1.807) is 16.4 Å². The Morgan fingerprint density at radius 1 is 1.09 bits per heavy atom. The first-order chi connectivity index (χ1) is 15.5. The van der Waals surface area contributed by atoms with Crippen LogP contribution >= 0.6 is 0 Å². The summed E-state index contributed by atoms with van der Waals surface area (Å²) in [6.45, 7) is 4.91. The predicted molar refractivity (Wildman–Crippen MR) is 120 cm³/mol. The third-order valence-electron chi connectivity index (χ3n) is 5.80. The molecule has 5 rings (SSSR count). The van der Waals surface area contributed by atoms with Gasteiger partial charge in [-0.2, -0.15) is 4.98 Å². The molecule has 4 aromatic rings. The van der Waals surface area contributed by atoms with E-state index >= 15 is 0 Å². The van der Waals surface area contributed by atoms with Crippen LogP contribution in [-0.2, 0) is 11.3 Å². The number of amides is 1. The smallest absolute Gasteiger partial charge is 0.272 e. The lowest BCUT2D eigenvalue weighted by Crippen LogP contribution is -2.24. The van der Waals surface area contributed by atoms with E-state index in [1.165, 1.54) is 0 Å². The molecule has 0 spiro atoms. The van der Waals surface area contributed by atoms with Crippen LogP contribution in [0, 0.1) is 6.92 Å². The molecule has 0 radical (unpaired) electrons. The Labute approximate surface area is 184 Å². The first-order valence-electron chi connectivity index (χ1n) is 10.8. The van der Waals surface area contributed by atoms with Crippen molar-refractivity contribution >= 4 is 22.6 Å². The Morgan fingerprint density at radius 2 is 1.91 bits per heavy atom. The van der Waals surface area contributed by atoms with Crippen LogP contribution in [0.5, 0.6) is 0 Å². The van der Waals surface area contributed by atoms with Gasteiger partial charge in [0.25, 0.3) is 5.56 Å². The molecule has 1 aliphatic rings. The number of rotatable bonds is 5. The minimum atomic E-state index is -0.153. The van der Waals surface area contributed by atoms with Gasteiger partial charge in [-0.05, 0) is 43.7 Å². The van der Waals surface area contributed by atoms with Crippen LogP contribution in [0.4, 0.5) is 5.69 Å². The Kier molecular flexibility index (Phi) is 5.05. The lowest BCUT2D eigenvalue weighted by atomic mass is 10.1. The lowest BCUT2D eigenvalue weighted by Gasteiger charge is -2.15. The molecule has 162 valence electrons. The van der Waals surface area contributed by atoms with Crippen LogP contribution in [0.2, 0.25) is 0 Å². The minimum absolute atomic E-state index is 0.0419. The average Bonchev–Trinajstić information content (AvgIpc) is 3.44. The Balaban J connectivity index is 1.44. The number of carbonyl (C=O) groups is 1. The van der Waals surface area contributed by atoms with Crippen LogP contribution in [0.25, 0.3) is 22.4 Å². The minimum Gasteiger partial charge on any atom is -0.339 e. The Morgan fingerprint density at radius 3 is 2.69 bits per heavy atom. The second kappa shape index (κ2) is 8.03. The van der Waals surface area contributed by atoms with E-state index in [9.17, 15) is 9.59 Å². The fraction of sp³-hybridized carbons (Fsp3) is 0.292. The summed E-state index contributed by atoms with van der Waals surface area (Å²) in [4.78, 5) is 35.8. The second-order valence-corrected chi connectivity index (χ2v) is 8.05. The largest absolute Gasteiger partial charge is 0.339 e. The van der Waals surface area contributed by atoms with Crippen molar-refractivity contribution in [3.63, 3.8) is 0 Å². The van der Waals surface area contributed by atoms with Crippen molar-refractivity contribution in [3.8, 4) is 11.4 Å². The molecule has 0 N–H and O–H groups in total. The molecule has 0 saturated carbocycles. The standard InChI is InChI=1S/C24H23N5O3/c1-3-11-28-20-10-9-16(12-19(20)25-15(2)24(28)31)22-26-23(32-27-22)17-13-21(30)29(14-17)18-7-5-4-6-8-18/h4-10,12,17H,3,11,13-14H2,1-2H3/t17-/m0/s1. The van der Waals surface area contributed by atoms with Crippen molar-refractivity contribution in [3.05, 3.63) is 70.5 Å². The van der Waals surface area contributed by atoms with Gasteiger partial charge >= 0.3 is 0 Å². The van der Waals surface area contributed by atoms with Crippen molar-refractivity contribution < 1.29 is 9.32 Å². The van der Waals surface area contributed by atoms with Crippen molar-refractivity contribution in [1.29, 1.82) is 0 Å². The van der Waals surface area contributed by atoms with Gasteiger partial charge in [-0.25, -0.2) is 4.98 Å². The monoisotopic (exact) mass is 429 g/mol. The second-order valence-electron chi connectivity index (χ2n) is 8.05. The first-order valence-corrected chi connectivity index (χ1v) is 10.8. The van der Waals surface area contributed by atoms with Crippen LogP contribution in [0.15, 0.2) is 57.8 Å². The fourth-order valence-electron chi connectivity index (χ4n) is 4.21. The number of hydrogen-bond donors (Lipinski definition) is 0. The van der Waals surface area contributed by atoms with Gasteiger partial charge in [0.15, 0.2) is 0 Å². The van der Waals surface area contributed by atoms with E-state index in [-0.39, 0.29) is 17.4 Å².